The molecule has 54 heavy (non-hydrogen) atoms. The van der Waals surface area contributed by atoms with Gasteiger partial charge in [-0.3, -0.25) is 4.79 Å². The molecule has 3 N–H and O–H groups in total. The predicted molar refractivity (Wildman–Crippen MR) is 211 cm³/mol. The Labute approximate surface area is 321 Å². The fourth-order valence-corrected chi connectivity index (χ4v) is 14.2. The minimum Gasteiger partial charge on any atom is -0.497 e. The summed E-state index contributed by atoms with van der Waals surface area (Å²) in [6.07, 6.45) is 15.6. The van der Waals surface area contributed by atoms with E-state index in [4.69, 9.17) is 4.74 Å². The number of aliphatic hydroxyl groups is 2. The molecule has 9 aliphatic carbocycles. The topological polar surface area (TPSA) is 99.1 Å². The summed E-state index contributed by atoms with van der Waals surface area (Å²) < 4.78 is 5.37. The van der Waals surface area contributed by atoms with Crippen molar-refractivity contribution in [1.29, 1.82) is 0 Å². The molecule has 4 bridgehead atoms. The number of allylic oxidation sites excluding steroid dienone is 4. The van der Waals surface area contributed by atoms with Gasteiger partial charge in [0.15, 0.2) is 5.78 Å². The van der Waals surface area contributed by atoms with E-state index in [-0.39, 0.29) is 46.4 Å². The maximum atomic E-state index is 14.8. The Bertz CT molecular complexity index is 1890. The van der Waals surface area contributed by atoms with Gasteiger partial charge in [0.05, 0.1) is 25.4 Å². The SMILES string of the molecule is COc1ccc(NC(=O)N(C[C@@H]2CC[C@H]3C[C@@H]2C3(C)C)C[C@]2(O)CC[C@H]3[C@]45C=C[C@@]6(C=C4C(=O)c4ccccc4)CC(O)CC[C@]6(C)[C@H]5CC[C@@]32C)cc1. The largest absolute Gasteiger partial charge is 0.497 e. The van der Waals surface area contributed by atoms with E-state index in [0.29, 0.717) is 42.5 Å². The van der Waals surface area contributed by atoms with Crippen LogP contribution in [0.15, 0.2) is 78.4 Å². The monoisotopic (exact) mass is 732 g/mol. The first-order valence-electron chi connectivity index (χ1n) is 20.8. The van der Waals surface area contributed by atoms with E-state index in [9.17, 15) is 19.8 Å². The van der Waals surface area contributed by atoms with Gasteiger partial charge < -0.3 is 25.2 Å². The highest BCUT2D eigenvalue weighted by Gasteiger charge is 2.74. The van der Waals surface area contributed by atoms with E-state index in [1.54, 1.807) is 7.11 Å². The van der Waals surface area contributed by atoms with Crippen LogP contribution in [0.3, 0.4) is 0 Å². The molecule has 1 unspecified atom stereocenters. The summed E-state index contributed by atoms with van der Waals surface area (Å²) in [6.45, 7) is 10.4. The fourth-order valence-electron chi connectivity index (χ4n) is 14.2. The summed E-state index contributed by atoms with van der Waals surface area (Å²) in [5.41, 5.74) is -0.112. The third kappa shape index (κ3) is 4.92. The molecule has 288 valence electrons. The third-order valence-corrected chi connectivity index (χ3v) is 17.5. The molecule has 11 rings (SSSR count). The van der Waals surface area contributed by atoms with Crippen molar-refractivity contribution in [3.8, 4) is 5.75 Å². The van der Waals surface area contributed by atoms with Gasteiger partial charge in [0, 0.05) is 39.6 Å². The van der Waals surface area contributed by atoms with E-state index >= 15 is 0 Å². The third-order valence-electron chi connectivity index (χ3n) is 17.5. The molecule has 2 spiro atoms. The summed E-state index contributed by atoms with van der Waals surface area (Å²) in [6, 6.07) is 17.0. The molecule has 0 radical (unpaired) electrons. The molecule has 2 amide bonds. The fraction of sp³-hybridized carbons (Fsp3) is 0.617. The second-order valence-corrected chi connectivity index (χ2v) is 19.7. The number of anilines is 1. The number of methoxy groups -OCH3 is 1. The van der Waals surface area contributed by atoms with E-state index in [1.807, 2.05) is 59.5 Å². The lowest BCUT2D eigenvalue weighted by atomic mass is 9.32. The van der Waals surface area contributed by atoms with Gasteiger partial charge in [0.25, 0.3) is 0 Å². The van der Waals surface area contributed by atoms with Gasteiger partial charge in [-0.15, -0.1) is 0 Å². The van der Waals surface area contributed by atoms with Crippen LogP contribution in [0.2, 0.25) is 0 Å². The Morgan fingerprint density at radius 1 is 0.870 bits per heavy atom. The maximum absolute atomic E-state index is 14.8. The van der Waals surface area contributed by atoms with Gasteiger partial charge in [-0.05, 0) is 129 Å². The highest BCUT2D eigenvalue weighted by molar-refractivity contribution is 6.10. The van der Waals surface area contributed by atoms with Crippen LogP contribution in [-0.2, 0) is 0 Å². The number of carbonyl (C=O) groups excluding carboxylic acids is 2. The van der Waals surface area contributed by atoms with Crippen LogP contribution in [-0.4, -0.2) is 58.8 Å². The Kier molecular flexibility index (Phi) is 8.25. The zero-order chi connectivity index (χ0) is 37.9. The molecular weight excluding hydrogens is 673 g/mol. The van der Waals surface area contributed by atoms with Crippen molar-refractivity contribution < 1.29 is 24.5 Å². The van der Waals surface area contributed by atoms with Crippen molar-refractivity contribution in [2.24, 2.45) is 56.7 Å². The predicted octanol–water partition coefficient (Wildman–Crippen LogP) is 9.08. The van der Waals surface area contributed by atoms with Crippen LogP contribution in [0.1, 0.15) is 102 Å². The number of urea groups is 1. The molecule has 0 aliphatic heterocycles. The molecular formula is C47H60N2O5. The summed E-state index contributed by atoms with van der Waals surface area (Å²) >= 11 is 0. The lowest BCUT2D eigenvalue weighted by Gasteiger charge is -2.71. The van der Waals surface area contributed by atoms with Crippen LogP contribution < -0.4 is 10.1 Å². The first kappa shape index (κ1) is 36.2. The molecule has 0 saturated heterocycles. The molecule has 11 atom stereocenters. The first-order chi connectivity index (χ1) is 25.7. The molecule has 7 nitrogen and oxygen atoms in total. The highest BCUT2D eigenvalue weighted by Crippen LogP contribution is 2.78. The standard InChI is InChI=1S/C47H60N2O5/c1-42(2)32-12-11-31(36(42)25-32)28-49(41(52)48-33-13-15-35(54-5)16-14-33)29-46(53)22-19-39-44(46,4)21-18-38-43(3)20-17-34(50)26-45(43)23-24-47(38,39)37(27-45)40(51)30-9-7-6-8-10-30/h6-10,13-16,23-24,27,31-32,34,36,38-39,50,53H,11-12,17-22,25-26,28-29H2,1-5H3,(H,48,52)/t31-,32-,34?,36-,38+,39+,43+,44-,45-,46+,47+/m0/s1. The average molecular weight is 733 g/mol. The van der Waals surface area contributed by atoms with Crippen LogP contribution >= 0.6 is 0 Å². The number of amides is 2. The lowest BCUT2D eigenvalue weighted by Crippen LogP contribution is -2.67. The summed E-state index contributed by atoms with van der Waals surface area (Å²) in [4.78, 5) is 31.3. The number of benzene rings is 2. The molecule has 0 heterocycles. The number of nitrogens with zero attached hydrogens (tertiary/aromatic N) is 1. The highest BCUT2D eigenvalue weighted by atomic mass is 16.5. The summed E-state index contributed by atoms with van der Waals surface area (Å²) in [5, 5.41) is 27.5. The van der Waals surface area contributed by atoms with E-state index in [0.717, 1.165) is 55.8 Å². The average Bonchev–Trinajstić information content (AvgIpc) is 3.44. The number of fused-ring (bicyclic) bond motifs is 3. The summed E-state index contributed by atoms with van der Waals surface area (Å²) in [7, 11) is 1.64. The number of nitrogens with one attached hydrogen (secondary N) is 1. The number of ketones is 1. The van der Waals surface area contributed by atoms with E-state index in [1.165, 1.54) is 12.8 Å². The van der Waals surface area contributed by atoms with Crippen molar-refractivity contribution >= 4 is 17.5 Å². The smallest absolute Gasteiger partial charge is 0.321 e. The zero-order valence-corrected chi connectivity index (χ0v) is 32.9. The molecule has 2 aromatic rings. The van der Waals surface area contributed by atoms with Gasteiger partial charge in [-0.1, -0.05) is 76.3 Å². The second kappa shape index (κ2) is 12.3. The van der Waals surface area contributed by atoms with Crippen molar-refractivity contribution in [2.45, 2.75) is 104 Å². The maximum Gasteiger partial charge on any atom is 0.321 e. The van der Waals surface area contributed by atoms with Crippen molar-refractivity contribution in [3.05, 3.63) is 84.0 Å². The second-order valence-electron chi connectivity index (χ2n) is 19.7. The zero-order valence-electron chi connectivity index (χ0n) is 32.9. The Balaban J connectivity index is 1.08. The number of hydrogen-bond donors (Lipinski definition) is 3. The number of carbonyl (C=O) groups is 2. The molecule has 6 fully saturated rings. The van der Waals surface area contributed by atoms with Crippen LogP contribution in [0, 0.1) is 56.7 Å². The van der Waals surface area contributed by atoms with Gasteiger partial charge in [-0.25, -0.2) is 4.79 Å². The van der Waals surface area contributed by atoms with Crippen molar-refractivity contribution in [3.63, 3.8) is 0 Å². The molecule has 2 aromatic carbocycles. The minimum absolute atomic E-state index is 0.0263. The quantitative estimate of drug-likeness (QED) is 0.186. The first-order valence-corrected chi connectivity index (χ1v) is 20.8. The van der Waals surface area contributed by atoms with Crippen LogP contribution in [0.25, 0.3) is 0 Å². The van der Waals surface area contributed by atoms with Gasteiger partial charge >= 0.3 is 6.03 Å². The minimum atomic E-state index is -1.13. The molecule has 6 saturated carbocycles. The van der Waals surface area contributed by atoms with Gasteiger partial charge in [-0.2, -0.15) is 0 Å². The molecule has 0 aromatic heterocycles. The van der Waals surface area contributed by atoms with Crippen LogP contribution in [0.5, 0.6) is 5.75 Å². The van der Waals surface area contributed by atoms with Crippen LogP contribution in [0.4, 0.5) is 10.5 Å². The number of rotatable bonds is 8. The Hall–Kier alpha value is -3.42. The van der Waals surface area contributed by atoms with E-state index < -0.39 is 22.5 Å². The van der Waals surface area contributed by atoms with E-state index in [2.05, 4.69) is 51.2 Å². The molecule has 9 aliphatic rings. The molecule has 7 heteroatoms. The Morgan fingerprint density at radius 3 is 2.28 bits per heavy atom. The number of hydrogen-bond acceptors (Lipinski definition) is 5. The van der Waals surface area contributed by atoms with Gasteiger partial charge in [0.2, 0.25) is 0 Å². The normalized spacial score (nSPS) is 42.1. The number of Topliss-reactive ketones (excluding diaryl/α,β-unsaturated/α-hetero) is 1. The van der Waals surface area contributed by atoms with Crippen molar-refractivity contribution in [2.75, 3.05) is 25.5 Å². The van der Waals surface area contributed by atoms with Crippen molar-refractivity contribution in [1.82, 2.24) is 4.90 Å². The number of aliphatic hydroxyl groups excluding tert-OH is 1. The number of ether oxygens (including phenoxy) is 1. The lowest BCUT2D eigenvalue weighted by molar-refractivity contribution is -0.176. The summed E-state index contributed by atoms with van der Waals surface area (Å²) in [5.74, 6) is 2.79. The Morgan fingerprint density at radius 2 is 1.57 bits per heavy atom. The van der Waals surface area contributed by atoms with Gasteiger partial charge in [0.1, 0.15) is 5.75 Å².